The first-order chi connectivity index (χ1) is 3.62. The van der Waals surface area contributed by atoms with Crippen molar-refractivity contribution in [1.82, 2.24) is 0 Å². The van der Waals surface area contributed by atoms with Crippen LogP contribution in [0.25, 0.3) is 0 Å². The molecule has 0 aliphatic heterocycles. The average Bonchev–Trinajstić information content (AvgIpc) is 1.67. The van der Waals surface area contributed by atoms with Crippen LogP contribution in [0.3, 0.4) is 0 Å². The summed E-state index contributed by atoms with van der Waals surface area (Å²) >= 11 is 0. The second-order valence-electron chi connectivity index (χ2n) is 1.89. The average molecular weight is 275 g/mol. The molecule has 0 amide bonds. The molecular weight excluding hydrogens is 260 g/mol. The maximum atomic E-state index is 10.7. The maximum absolute atomic E-state index is 10.7. The predicted octanol–water partition coefficient (Wildman–Crippen LogP) is 0.770. The van der Waals surface area contributed by atoms with Crippen molar-refractivity contribution >= 4 is 56.2 Å². The number of hydrogen-bond acceptors (Lipinski definition) is 1. The van der Waals surface area contributed by atoms with E-state index >= 15 is 0 Å². The Morgan fingerprint density at radius 1 is 1.44 bits per heavy atom. The van der Waals surface area contributed by atoms with E-state index in [9.17, 15) is 4.57 Å². The molecule has 1 atom stereocenters. The molecule has 0 spiro atoms. The second-order valence-corrected chi connectivity index (χ2v) is 4.66. The zero-order valence-electron chi connectivity index (χ0n) is 5.42. The Balaban J connectivity index is 0. The third-order valence-electron chi connectivity index (χ3n) is 1.07. The van der Waals surface area contributed by atoms with E-state index in [0.29, 0.717) is 12.3 Å². The van der Waals surface area contributed by atoms with Gasteiger partial charge < -0.3 is 4.89 Å². The van der Waals surface area contributed by atoms with E-state index in [4.69, 9.17) is 4.89 Å². The van der Waals surface area contributed by atoms with Crippen molar-refractivity contribution in [3.8, 4) is 0 Å². The topological polar surface area (TPSA) is 37.3 Å². The van der Waals surface area contributed by atoms with Crippen LogP contribution < -0.4 is 0 Å². The molecule has 54 valence electrons. The van der Waals surface area contributed by atoms with Gasteiger partial charge >= 0.3 is 48.9 Å². The molecule has 0 heterocycles. The summed E-state index contributed by atoms with van der Waals surface area (Å²) in [6.45, 7) is 3.66. The van der Waals surface area contributed by atoms with Crippen LogP contribution in [0.2, 0.25) is 0 Å². The Bertz CT molecular complexity index is 105. The quantitative estimate of drug-likeness (QED) is 0.610. The fourth-order valence-electron chi connectivity index (χ4n) is 0.508. The van der Waals surface area contributed by atoms with Crippen molar-refractivity contribution in [2.45, 2.75) is 20.3 Å². The molecule has 9 heavy (non-hydrogen) atoms. The SMILES string of the molecule is CCCP(=O)(O)CC.[BaH2]. The molecule has 1 unspecified atom stereocenters. The van der Waals surface area contributed by atoms with Gasteiger partial charge in [-0.2, -0.15) is 0 Å². The van der Waals surface area contributed by atoms with Crippen LogP contribution in [0.5, 0.6) is 0 Å². The van der Waals surface area contributed by atoms with E-state index in [0.717, 1.165) is 6.42 Å². The number of hydrogen-bond donors (Lipinski definition) is 1. The molecule has 1 N–H and O–H groups in total. The van der Waals surface area contributed by atoms with Gasteiger partial charge in [-0.3, -0.25) is 4.57 Å². The summed E-state index contributed by atoms with van der Waals surface area (Å²) in [5.41, 5.74) is 0. The molecule has 0 fully saturated rings. The normalized spacial score (nSPS) is 15.9. The van der Waals surface area contributed by atoms with Crippen LogP contribution >= 0.6 is 7.37 Å². The molecule has 0 rings (SSSR count). The van der Waals surface area contributed by atoms with Crippen LogP contribution in [0.15, 0.2) is 0 Å². The molecule has 0 saturated heterocycles. The first-order valence-corrected chi connectivity index (χ1v) is 4.96. The molecular formula is C5H15BaO2P. The van der Waals surface area contributed by atoms with Crippen molar-refractivity contribution in [3.05, 3.63) is 0 Å². The van der Waals surface area contributed by atoms with Crippen LogP contribution in [-0.4, -0.2) is 66.1 Å². The van der Waals surface area contributed by atoms with Gasteiger partial charge in [-0.1, -0.05) is 13.8 Å². The molecule has 4 heteroatoms. The second kappa shape index (κ2) is 6.47. The molecule has 0 radical (unpaired) electrons. The Labute approximate surface area is 96.9 Å². The van der Waals surface area contributed by atoms with Gasteiger partial charge in [0.05, 0.1) is 0 Å². The molecule has 0 aromatic carbocycles. The predicted molar refractivity (Wildman–Crippen MR) is 44.1 cm³/mol. The third kappa shape index (κ3) is 7.66. The Morgan fingerprint density at radius 2 is 1.89 bits per heavy atom. The molecule has 0 aromatic heterocycles. The first-order valence-electron chi connectivity index (χ1n) is 2.93. The Kier molecular flexibility index (Phi) is 9.60. The Morgan fingerprint density at radius 3 is 2.00 bits per heavy atom. The van der Waals surface area contributed by atoms with Crippen molar-refractivity contribution in [2.75, 3.05) is 12.3 Å². The van der Waals surface area contributed by atoms with Gasteiger partial charge in [0, 0.05) is 12.3 Å². The van der Waals surface area contributed by atoms with Gasteiger partial charge in [-0.05, 0) is 6.42 Å². The summed E-state index contributed by atoms with van der Waals surface area (Å²) in [5.74, 6) is 0. The van der Waals surface area contributed by atoms with Crippen LogP contribution in [0, 0.1) is 0 Å². The summed E-state index contributed by atoms with van der Waals surface area (Å²) in [5, 5.41) is 0. The first kappa shape index (κ1) is 13.4. The van der Waals surface area contributed by atoms with Crippen molar-refractivity contribution in [1.29, 1.82) is 0 Å². The van der Waals surface area contributed by atoms with Crippen LogP contribution in [-0.2, 0) is 4.57 Å². The molecule has 0 aliphatic rings. The standard InChI is InChI=1S/C5H13O2P.Ba.2H/c1-3-5-8(6,7)4-2;;;/h3-5H2,1-2H3,(H,6,7);;;. The van der Waals surface area contributed by atoms with Crippen molar-refractivity contribution in [3.63, 3.8) is 0 Å². The van der Waals surface area contributed by atoms with Gasteiger partial charge in [-0.25, -0.2) is 0 Å². The molecule has 2 nitrogen and oxygen atoms in total. The van der Waals surface area contributed by atoms with E-state index in [-0.39, 0.29) is 48.9 Å². The van der Waals surface area contributed by atoms with Crippen molar-refractivity contribution < 1.29 is 9.46 Å². The minimum absolute atomic E-state index is 0. The summed E-state index contributed by atoms with van der Waals surface area (Å²) < 4.78 is 10.7. The zero-order chi connectivity index (χ0) is 6.62. The van der Waals surface area contributed by atoms with E-state index in [1.165, 1.54) is 0 Å². The van der Waals surface area contributed by atoms with Crippen LogP contribution in [0.4, 0.5) is 0 Å². The minimum atomic E-state index is -2.67. The third-order valence-corrected chi connectivity index (χ3v) is 3.20. The van der Waals surface area contributed by atoms with Gasteiger partial charge in [-0.15, -0.1) is 0 Å². The van der Waals surface area contributed by atoms with E-state index in [2.05, 4.69) is 0 Å². The molecule has 0 saturated carbocycles. The van der Waals surface area contributed by atoms with Gasteiger partial charge in [0.25, 0.3) is 0 Å². The summed E-state index contributed by atoms with van der Waals surface area (Å²) in [4.78, 5) is 8.88. The van der Waals surface area contributed by atoms with E-state index in [1.54, 1.807) is 6.92 Å². The van der Waals surface area contributed by atoms with Crippen LogP contribution in [0.1, 0.15) is 20.3 Å². The number of rotatable bonds is 3. The summed E-state index contributed by atoms with van der Waals surface area (Å²) in [7, 11) is -2.67. The summed E-state index contributed by atoms with van der Waals surface area (Å²) in [6, 6.07) is 0. The van der Waals surface area contributed by atoms with Gasteiger partial charge in [0.15, 0.2) is 7.37 Å². The molecule has 0 aromatic rings. The Hall–Kier alpha value is 1.76. The van der Waals surface area contributed by atoms with E-state index in [1.807, 2.05) is 6.92 Å². The summed E-state index contributed by atoms with van der Waals surface area (Å²) in [6.07, 6.45) is 1.70. The van der Waals surface area contributed by atoms with Gasteiger partial charge in [0.2, 0.25) is 0 Å². The fraction of sp³-hybridized carbons (Fsp3) is 1.00. The molecule has 0 bridgehead atoms. The molecule has 0 aliphatic carbocycles. The van der Waals surface area contributed by atoms with Gasteiger partial charge in [0.1, 0.15) is 0 Å². The monoisotopic (exact) mass is 276 g/mol. The van der Waals surface area contributed by atoms with E-state index < -0.39 is 7.37 Å². The van der Waals surface area contributed by atoms with Crippen molar-refractivity contribution in [2.24, 2.45) is 0 Å². The zero-order valence-corrected chi connectivity index (χ0v) is 6.32. The fourth-order valence-corrected chi connectivity index (χ4v) is 1.52.